The standard InChI is InChI=1S/C15H21ClO3/c1-3-5-9-18-13-8-7-12(15(16)17)11-14(13)19-10-6-4-2/h7-8,11H,3-6,9-10H2,1-2H3. The van der Waals surface area contributed by atoms with E-state index in [0.717, 1.165) is 25.7 Å². The molecular formula is C15H21ClO3. The first-order valence-electron chi connectivity index (χ1n) is 6.78. The fourth-order valence-electron chi connectivity index (χ4n) is 1.52. The highest BCUT2D eigenvalue weighted by molar-refractivity contribution is 6.67. The second-order valence-electron chi connectivity index (χ2n) is 4.34. The summed E-state index contributed by atoms with van der Waals surface area (Å²) < 4.78 is 11.3. The van der Waals surface area contributed by atoms with Crippen molar-refractivity contribution in [1.29, 1.82) is 0 Å². The lowest BCUT2D eigenvalue weighted by Crippen LogP contribution is -2.03. The molecule has 1 aromatic carbocycles. The van der Waals surface area contributed by atoms with E-state index in [4.69, 9.17) is 21.1 Å². The summed E-state index contributed by atoms with van der Waals surface area (Å²) in [5.41, 5.74) is 0.427. The fourth-order valence-corrected chi connectivity index (χ4v) is 1.63. The van der Waals surface area contributed by atoms with Crippen LogP contribution in [-0.2, 0) is 0 Å². The van der Waals surface area contributed by atoms with Gasteiger partial charge in [0.1, 0.15) is 0 Å². The van der Waals surface area contributed by atoms with Crippen LogP contribution in [0.1, 0.15) is 49.9 Å². The van der Waals surface area contributed by atoms with Crippen LogP contribution < -0.4 is 9.47 Å². The Kier molecular flexibility index (Phi) is 7.34. The molecule has 0 N–H and O–H groups in total. The van der Waals surface area contributed by atoms with Crippen molar-refractivity contribution in [2.24, 2.45) is 0 Å². The summed E-state index contributed by atoms with van der Waals surface area (Å²) in [6.07, 6.45) is 4.09. The summed E-state index contributed by atoms with van der Waals surface area (Å²) in [6.45, 7) is 5.47. The average molecular weight is 285 g/mol. The smallest absolute Gasteiger partial charge is 0.252 e. The molecule has 0 fully saturated rings. The van der Waals surface area contributed by atoms with Gasteiger partial charge in [-0.25, -0.2) is 0 Å². The SMILES string of the molecule is CCCCOc1ccc(C(=O)Cl)cc1OCCCC. The van der Waals surface area contributed by atoms with Crippen molar-refractivity contribution in [2.75, 3.05) is 13.2 Å². The highest BCUT2D eigenvalue weighted by Crippen LogP contribution is 2.29. The zero-order chi connectivity index (χ0) is 14.1. The Morgan fingerprint density at radius 3 is 2.16 bits per heavy atom. The lowest BCUT2D eigenvalue weighted by molar-refractivity contribution is 0.108. The molecule has 0 amide bonds. The van der Waals surface area contributed by atoms with Crippen molar-refractivity contribution >= 4 is 16.8 Å². The first-order valence-corrected chi connectivity index (χ1v) is 7.16. The van der Waals surface area contributed by atoms with E-state index in [0.29, 0.717) is 30.3 Å². The molecule has 0 unspecified atom stereocenters. The number of rotatable bonds is 9. The maximum absolute atomic E-state index is 11.2. The van der Waals surface area contributed by atoms with Crippen LogP contribution in [0.3, 0.4) is 0 Å². The number of hydrogen-bond acceptors (Lipinski definition) is 3. The van der Waals surface area contributed by atoms with Gasteiger partial charge >= 0.3 is 0 Å². The predicted octanol–water partition coefficient (Wildman–Crippen LogP) is 4.42. The van der Waals surface area contributed by atoms with Crippen molar-refractivity contribution in [3.63, 3.8) is 0 Å². The van der Waals surface area contributed by atoms with Gasteiger partial charge in [0.15, 0.2) is 11.5 Å². The van der Waals surface area contributed by atoms with E-state index in [-0.39, 0.29) is 0 Å². The Morgan fingerprint density at radius 1 is 1.05 bits per heavy atom. The van der Waals surface area contributed by atoms with E-state index in [2.05, 4.69) is 13.8 Å². The highest BCUT2D eigenvalue weighted by Gasteiger charge is 2.10. The first kappa shape index (κ1) is 15.8. The van der Waals surface area contributed by atoms with Crippen LogP contribution in [0.5, 0.6) is 11.5 Å². The van der Waals surface area contributed by atoms with Gasteiger partial charge in [-0.05, 0) is 42.6 Å². The molecule has 4 heteroatoms. The van der Waals surface area contributed by atoms with Gasteiger partial charge in [0.25, 0.3) is 5.24 Å². The van der Waals surface area contributed by atoms with E-state index < -0.39 is 5.24 Å². The molecule has 1 aromatic rings. The molecule has 0 atom stereocenters. The minimum Gasteiger partial charge on any atom is -0.490 e. The molecule has 0 bridgehead atoms. The van der Waals surface area contributed by atoms with E-state index in [1.54, 1.807) is 18.2 Å². The summed E-state index contributed by atoms with van der Waals surface area (Å²) in [5, 5.41) is -0.486. The minimum absolute atomic E-state index is 0.427. The molecule has 19 heavy (non-hydrogen) atoms. The predicted molar refractivity (Wildman–Crippen MR) is 77.4 cm³/mol. The molecule has 0 aliphatic heterocycles. The molecule has 0 saturated heterocycles. The van der Waals surface area contributed by atoms with E-state index >= 15 is 0 Å². The van der Waals surface area contributed by atoms with Gasteiger partial charge in [-0.3, -0.25) is 4.79 Å². The number of carbonyl (C=O) groups is 1. The minimum atomic E-state index is -0.486. The Bertz CT molecular complexity index is 404. The van der Waals surface area contributed by atoms with Gasteiger partial charge in [0, 0.05) is 5.56 Å². The van der Waals surface area contributed by atoms with Gasteiger partial charge in [0.2, 0.25) is 0 Å². The van der Waals surface area contributed by atoms with Crippen LogP contribution in [0.4, 0.5) is 0 Å². The van der Waals surface area contributed by atoms with E-state index in [1.807, 2.05) is 0 Å². The fraction of sp³-hybridized carbons (Fsp3) is 0.533. The Hall–Kier alpha value is -1.22. The highest BCUT2D eigenvalue weighted by atomic mass is 35.5. The summed E-state index contributed by atoms with van der Waals surface area (Å²) in [4.78, 5) is 11.2. The number of unbranched alkanes of at least 4 members (excludes halogenated alkanes) is 2. The van der Waals surface area contributed by atoms with E-state index in [9.17, 15) is 4.79 Å². The van der Waals surface area contributed by atoms with Gasteiger partial charge in [-0.2, -0.15) is 0 Å². The zero-order valence-electron chi connectivity index (χ0n) is 11.6. The molecule has 0 spiro atoms. The van der Waals surface area contributed by atoms with Gasteiger partial charge in [-0.1, -0.05) is 26.7 Å². The van der Waals surface area contributed by atoms with Crippen LogP contribution in [0, 0.1) is 0 Å². The number of hydrogen-bond donors (Lipinski definition) is 0. The van der Waals surface area contributed by atoms with Crippen molar-refractivity contribution in [3.8, 4) is 11.5 Å². The van der Waals surface area contributed by atoms with Crippen LogP contribution in [0.25, 0.3) is 0 Å². The molecule has 0 radical (unpaired) electrons. The Morgan fingerprint density at radius 2 is 1.63 bits per heavy atom. The topological polar surface area (TPSA) is 35.5 Å². The lowest BCUT2D eigenvalue weighted by Gasteiger charge is -2.13. The number of carbonyl (C=O) groups excluding carboxylic acids is 1. The molecular weight excluding hydrogens is 264 g/mol. The quantitative estimate of drug-likeness (QED) is 0.497. The Labute approximate surface area is 119 Å². The van der Waals surface area contributed by atoms with Crippen LogP contribution in [0.2, 0.25) is 0 Å². The van der Waals surface area contributed by atoms with E-state index in [1.165, 1.54) is 0 Å². The molecule has 1 rings (SSSR count). The molecule has 0 aromatic heterocycles. The third kappa shape index (κ3) is 5.52. The molecule has 0 heterocycles. The lowest BCUT2D eigenvalue weighted by atomic mass is 10.2. The summed E-state index contributed by atoms with van der Waals surface area (Å²) >= 11 is 5.48. The van der Waals surface area contributed by atoms with Crippen LogP contribution >= 0.6 is 11.6 Å². The van der Waals surface area contributed by atoms with Gasteiger partial charge < -0.3 is 9.47 Å². The maximum Gasteiger partial charge on any atom is 0.252 e. The number of benzene rings is 1. The number of halogens is 1. The van der Waals surface area contributed by atoms with Crippen molar-refractivity contribution < 1.29 is 14.3 Å². The molecule has 106 valence electrons. The molecule has 0 aliphatic rings. The third-order valence-electron chi connectivity index (χ3n) is 2.68. The van der Waals surface area contributed by atoms with Gasteiger partial charge in [0.05, 0.1) is 13.2 Å². The summed E-state index contributed by atoms with van der Waals surface area (Å²) in [5.74, 6) is 1.27. The molecule has 3 nitrogen and oxygen atoms in total. The maximum atomic E-state index is 11.2. The van der Waals surface area contributed by atoms with Crippen molar-refractivity contribution in [1.82, 2.24) is 0 Å². The second-order valence-corrected chi connectivity index (χ2v) is 4.68. The average Bonchev–Trinajstić information content (AvgIpc) is 2.40. The largest absolute Gasteiger partial charge is 0.490 e. The normalized spacial score (nSPS) is 10.3. The summed E-state index contributed by atoms with van der Waals surface area (Å²) in [6, 6.07) is 5.04. The molecule has 0 saturated carbocycles. The zero-order valence-corrected chi connectivity index (χ0v) is 12.3. The van der Waals surface area contributed by atoms with Crippen LogP contribution in [0.15, 0.2) is 18.2 Å². The van der Waals surface area contributed by atoms with Crippen LogP contribution in [-0.4, -0.2) is 18.5 Å². The number of ether oxygens (including phenoxy) is 2. The summed E-state index contributed by atoms with van der Waals surface area (Å²) in [7, 11) is 0. The van der Waals surface area contributed by atoms with Crippen molar-refractivity contribution in [2.45, 2.75) is 39.5 Å². The second kappa shape index (κ2) is 8.81. The first-order chi connectivity index (χ1) is 9.19. The Balaban J connectivity index is 2.78. The van der Waals surface area contributed by atoms with Crippen molar-refractivity contribution in [3.05, 3.63) is 23.8 Å². The molecule has 0 aliphatic carbocycles. The van der Waals surface area contributed by atoms with Gasteiger partial charge in [-0.15, -0.1) is 0 Å². The monoisotopic (exact) mass is 284 g/mol. The third-order valence-corrected chi connectivity index (χ3v) is 2.90.